The number of hydrogen-bond acceptors (Lipinski definition) is 2. The lowest BCUT2D eigenvalue weighted by Crippen LogP contribution is -1.92. The van der Waals surface area contributed by atoms with Crippen LogP contribution in [0.25, 0.3) is 0 Å². The first kappa shape index (κ1) is 9.44. The fourth-order valence-electron chi connectivity index (χ4n) is 0.789. The lowest BCUT2D eigenvalue weighted by molar-refractivity contribution is 0.110. The summed E-state index contributed by atoms with van der Waals surface area (Å²) in [5.74, 6) is -0.364. The van der Waals surface area contributed by atoms with Gasteiger partial charge in [-0.3, -0.25) is 4.79 Å². The quantitative estimate of drug-likeness (QED) is 0.614. The summed E-state index contributed by atoms with van der Waals surface area (Å²) in [5.41, 5.74) is 0.342. The van der Waals surface area contributed by atoms with E-state index in [1.54, 1.807) is 22.6 Å². The molecule has 0 saturated carbocycles. The van der Waals surface area contributed by atoms with Crippen LogP contribution < -0.4 is 4.74 Å². The van der Waals surface area contributed by atoms with Crippen molar-refractivity contribution in [3.05, 3.63) is 29.6 Å². The minimum Gasteiger partial charge on any atom is -0.494 e. The lowest BCUT2D eigenvalue weighted by atomic mass is 10.2. The zero-order valence-corrected chi connectivity index (χ0v) is 8.46. The van der Waals surface area contributed by atoms with E-state index >= 15 is 0 Å². The predicted molar refractivity (Wildman–Crippen MR) is 51.3 cm³/mol. The lowest BCUT2D eigenvalue weighted by Gasteiger charge is -2.01. The van der Waals surface area contributed by atoms with Gasteiger partial charge < -0.3 is 4.74 Å². The zero-order valence-electron chi connectivity index (χ0n) is 6.30. The maximum Gasteiger partial charge on any atom is 0.222 e. The zero-order chi connectivity index (χ0) is 9.14. The van der Waals surface area contributed by atoms with Crippen LogP contribution in [-0.2, 0) is 0 Å². The van der Waals surface area contributed by atoms with E-state index in [-0.39, 0.29) is 9.54 Å². The van der Waals surface area contributed by atoms with Crippen LogP contribution in [0.2, 0.25) is 0 Å². The highest BCUT2D eigenvalue weighted by Gasteiger charge is 2.06. The fraction of sp³-hybridized carbons (Fsp3) is 0.125. The molecule has 1 rings (SSSR count). The Kier molecular flexibility index (Phi) is 3.02. The molecule has 0 heterocycles. The van der Waals surface area contributed by atoms with Crippen molar-refractivity contribution in [2.45, 2.75) is 0 Å². The molecule has 0 aliphatic rings. The SMILES string of the molecule is COc1ccc(C(=O)I)cc1F. The molecule has 0 radical (unpaired) electrons. The largest absolute Gasteiger partial charge is 0.494 e. The molecule has 2 nitrogen and oxygen atoms in total. The number of ether oxygens (including phenoxy) is 1. The Bertz CT molecular complexity index is 312. The van der Waals surface area contributed by atoms with Gasteiger partial charge in [-0.1, -0.05) is 0 Å². The van der Waals surface area contributed by atoms with Crippen molar-refractivity contribution < 1.29 is 13.9 Å². The van der Waals surface area contributed by atoms with Gasteiger partial charge in [-0.15, -0.1) is 0 Å². The third kappa shape index (κ3) is 1.94. The Morgan fingerprint density at radius 3 is 2.67 bits per heavy atom. The summed E-state index contributed by atoms with van der Waals surface area (Å²) >= 11 is 1.60. The van der Waals surface area contributed by atoms with Gasteiger partial charge in [0.25, 0.3) is 0 Å². The number of hydrogen-bond donors (Lipinski definition) is 0. The Morgan fingerprint density at radius 2 is 2.25 bits per heavy atom. The molecular formula is C8H6FIO2. The van der Waals surface area contributed by atoms with Gasteiger partial charge in [0.05, 0.1) is 7.11 Å². The van der Waals surface area contributed by atoms with Crippen molar-refractivity contribution in [2.24, 2.45) is 0 Å². The van der Waals surface area contributed by atoms with Crippen LogP contribution in [0.4, 0.5) is 4.39 Å². The Morgan fingerprint density at radius 1 is 1.58 bits per heavy atom. The normalized spacial score (nSPS) is 9.58. The van der Waals surface area contributed by atoms with Crippen LogP contribution in [0.15, 0.2) is 18.2 Å². The molecule has 0 N–H and O–H groups in total. The van der Waals surface area contributed by atoms with Crippen molar-refractivity contribution >= 4 is 26.4 Å². The van der Waals surface area contributed by atoms with E-state index in [2.05, 4.69) is 0 Å². The Hall–Kier alpha value is -0.650. The van der Waals surface area contributed by atoms with Gasteiger partial charge >= 0.3 is 0 Å². The second-order valence-electron chi connectivity index (χ2n) is 2.12. The standard InChI is InChI=1S/C8H6FIO2/c1-12-7-3-2-5(8(10)11)4-6(7)9/h2-4H,1H3. The first-order valence-corrected chi connectivity index (χ1v) is 4.26. The number of methoxy groups -OCH3 is 1. The molecule has 0 bridgehead atoms. The minimum atomic E-state index is -0.514. The summed E-state index contributed by atoms with van der Waals surface area (Å²) < 4.78 is 17.4. The number of benzene rings is 1. The van der Waals surface area contributed by atoms with E-state index in [1.165, 1.54) is 19.2 Å². The fourth-order valence-corrected chi connectivity index (χ4v) is 1.12. The van der Waals surface area contributed by atoms with Crippen molar-refractivity contribution in [3.8, 4) is 5.75 Å². The molecule has 0 aromatic heterocycles. The van der Waals surface area contributed by atoms with Gasteiger partial charge in [-0.25, -0.2) is 4.39 Å². The molecule has 64 valence electrons. The Balaban J connectivity index is 3.10. The molecule has 0 atom stereocenters. The second-order valence-corrected chi connectivity index (χ2v) is 3.10. The summed E-state index contributed by atoms with van der Waals surface area (Å²) in [5, 5.41) is 0. The third-order valence-corrected chi connectivity index (χ3v) is 2.00. The van der Waals surface area contributed by atoms with Gasteiger partial charge in [0, 0.05) is 28.2 Å². The molecule has 4 heteroatoms. The van der Waals surface area contributed by atoms with Crippen molar-refractivity contribution in [1.82, 2.24) is 0 Å². The topological polar surface area (TPSA) is 26.3 Å². The molecule has 12 heavy (non-hydrogen) atoms. The first-order valence-electron chi connectivity index (χ1n) is 3.18. The van der Waals surface area contributed by atoms with Gasteiger partial charge in [0.2, 0.25) is 3.79 Å². The van der Waals surface area contributed by atoms with Crippen LogP contribution in [-0.4, -0.2) is 10.9 Å². The second kappa shape index (κ2) is 3.84. The maximum absolute atomic E-state index is 12.9. The highest BCUT2D eigenvalue weighted by Crippen LogP contribution is 2.18. The van der Waals surface area contributed by atoms with E-state index in [9.17, 15) is 9.18 Å². The minimum absolute atomic E-state index is 0.149. The number of rotatable bonds is 2. The Labute approximate surface area is 82.9 Å². The third-order valence-electron chi connectivity index (χ3n) is 1.38. The molecule has 0 amide bonds. The monoisotopic (exact) mass is 280 g/mol. The molecule has 0 unspecified atom stereocenters. The van der Waals surface area contributed by atoms with Crippen LogP contribution in [0, 0.1) is 5.82 Å². The van der Waals surface area contributed by atoms with E-state index < -0.39 is 5.82 Å². The van der Waals surface area contributed by atoms with Crippen LogP contribution in [0.3, 0.4) is 0 Å². The smallest absolute Gasteiger partial charge is 0.222 e. The van der Waals surface area contributed by atoms with Crippen LogP contribution >= 0.6 is 22.6 Å². The average molecular weight is 280 g/mol. The number of halogens is 2. The predicted octanol–water partition coefficient (Wildman–Crippen LogP) is 2.41. The summed E-state index contributed by atoms with van der Waals surface area (Å²) in [6.07, 6.45) is 0. The van der Waals surface area contributed by atoms with Gasteiger partial charge in [-0.2, -0.15) is 0 Å². The van der Waals surface area contributed by atoms with Crippen LogP contribution in [0.5, 0.6) is 5.75 Å². The molecule has 1 aromatic carbocycles. The molecule has 0 fully saturated rings. The maximum atomic E-state index is 12.9. The highest BCUT2D eigenvalue weighted by molar-refractivity contribution is 14.1. The van der Waals surface area contributed by atoms with E-state index in [4.69, 9.17) is 4.74 Å². The molecular weight excluding hydrogens is 274 g/mol. The van der Waals surface area contributed by atoms with Gasteiger partial charge in [0.15, 0.2) is 11.6 Å². The molecule has 0 aliphatic carbocycles. The molecule has 1 aromatic rings. The molecule has 0 aliphatic heterocycles. The number of carbonyl (C=O) groups is 1. The molecule has 0 spiro atoms. The van der Waals surface area contributed by atoms with Crippen LogP contribution in [0.1, 0.15) is 10.4 Å². The highest BCUT2D eigenvalue weighted by atomic mass is 127. The van der Waals surface area contributed by atoms with Gasteiger partial charge in [0.1, 0.15) is 0 Å². The van der Waals surface area contributed by atoms with Crippen molar-refractivity contribution in [2.75, 3.05) is 7.11 Å². The number of carbonyl (C=O) groups excluding carboxylic acids is 1. The van der Waals surface area contributed by atoms with E-state index in [0.29, 0.717) is 5.56 Å². The van der Waals surface area contributed by atoms with E-state index in [0.717, 1.165) is 6.07 Å². The first-order chi connectivity index (χ1) is 5.65. The molecule has 0 saturated heterocycles. The van der Waals surface area contributed by atoms with Crippen molar-refractivity contribution in [3.63, 3.8) is 0 Å². The van der Waals surface area contributed by atoms with Crippen molar-refractivity contribution in [1.29, 1.82) is 0 Å². The van der Waals surface area contributed by atoms with Gasteiger partial charge in [-0.05, 0) is 18.2 Å². The average Bonchev–Trinajstić information content (AvgIpc) is 2.04. The summed E-state index contributed by atoms with van der Waals surface area (Å²) in [6.45, 7) is 0. The van der Waals surface area contributed by atoms with E-state index in [1.807, 2.05) is 0 Å². The summed E-state index contributed by atoms with van der Waals surface area (Å²) in [6, 6.07) is 4.12. The summed E-state index contributed by atoms with van der Waals surface area (Å²) in [7, 11) is 1.38. The summed E-state index contributed by atoms with van der Waals surface area (Å²) in [4.78, 5) is 10.8.